The average molecular weight is 445 g/mol. The molecule has 31 heavy (non-hydrogen) atoms. The van der Waals surface area contributed by atoms with Crippen molar-refractivity contribution in [1.82, 2.24) is 4.90 Å². The van der Waals surface area contributed by atoms with Crippen LogP contribution >= 0.6 is 11.6 Å². The number of rotatable bonds is 3. The Morgan fingerprint density at radius 3 is 2.77 bits per heavy atom. The van der Waals surface area contributed by atoms with Crippen molar-refractivity contribution in [2.45, 2.75) is 12.6 Å². The number of ether oxygens (including phenoxy) is 1. The van der Waals surface area contributed by atoms with Crippen LogP contribution < -0.4 is 9.75 Å². The molecular formula is C22H16ClF3N4O. The molecule has 0 bridgehead atoms. The second kappa shape index (κ2) is 7.46. The smallest absolute Gasteiger partial charge is 0.416 e. The van der Waals surface area contributed by atoms with Gasteiger partial charge in [0.2, 0.25) is 0 Å². The minimum absolute atomic E-state index is 0.0601. The first-order valence-electron chi connectivity index (χ1n) is 9.58. The number of hydrogen-bond donors (Lipinski definition) is 0. The maximum absolute atomic E-state index is 12.9. The molecule has 0 spiro atoms. The Balaban J connectivity index is 1.39. The minimum Gasteiger partial charge on any atom is -0.456 e. The number of halogens is 4. The summed E-state index contributed by atoms with van der Waals surface area (Å²) in [6, 6.07) is 9.78. The fraction of sp³-hybridized carbons (Fsp3) is 0.182. The zero-order valence-corrected chi connectivity index (χ0v) is 16.9. The van der Waals surface area contributed by atoms with E-state index in [1.807, 2.05) is 11.2 Å². The number of aliphatic imine (C=N–C) groups is 1. The van der Waals surface area contributed by atoms with Crippen LogP contribution in [0.25, 0.3) is 0 Å². The van der Waals surface area contributed by atoms with Crippen molar-refractivity contribution >= 4 is 29.2 Å². The standard InChI is InChI=1S/C22H16ClF3N4O/c23-18-11-16(4-5-20(18)31-17-3-1-2-15(10-17)22(24,25)26)30-13-14-6-8-29-9-7-27-19(12-28-30)21(14)29/h1-5,7,9-12H,6,8,13H2. The van der Waals surface area contributed by atoms with Crippen molar-refractivity contribution in [2.24, 2.45) is 10.1 Å². The molecule has 2 aromatic rings. The second-order valence-electron chi connectivity index (χ2n) is 7.25. The van der Waals surface area contributed by atoms with Gasteiger partial charge in [0.15, 0.2) is 0 Å². The number of alkyl halides is 3. The number of anilines is 1. The number of hydrogen-bond acceptors (Lipinski definition) is 5. The highest BCUT2D eigenvalue weighted by molar-refractivity contribution is 6.39. The van der Waals surface area contributed by atoms with Gasteiger partial charge in [0, 0.05) is 18.9 Å². The molecule has 0 amide bonds. The number of allylic oxidation sites excluding steroid dienone is 1. The lowest BCUT2D eigenvalue weighted by Gasteiger charge is -2.20. The van der Waals surface area contributed by atoms with Crippen molar-refractivity contribution in [2.75, 3.05) is 18.1 Å². The summed E-state index contributed by atoms with van der Waals surface area (Å²) < 4.78 is 44.4. The first-order valence-corrected chi connectivity index (χ1v) is 9.96. The van der Waals surface area contributed by atoms with Gasteiger partial charge in [-0.1, -0.05) is 17.7 Å². The van der Waals surface area contributed by atoms with Gasteiger partial charge in [-0.05, 0) is 48.4 Å². The Morgan fingerprint density at radius 2 is 1.97 bits per heavy atom. The van der Waals surface area contributed by atoms with Gasteiger partial charge in [0.05, 0.1) is 34.7 Å². The SMILES string of the molecule is FC(F)(F)c1cccc(Oc2ccc(N3CC4=C5C(=NC=CN5CC4)C=N3)cc2Cl)c1. The first-order chi connectivity index (χ1) is 14.9. The molecular weight excluding hydrogens is 429 g/mol. The van der Waals surface area contributed by atoms with Crippen molar-refractivity contribution in [1.29, 1.82) is 0 Å². The van der Waals surface area contributed by atoms with Crippen molar-refractivity contribution in [3.05, 3.63) is 76.7 Å². The van der Waals surface area contributed by atoms with Crippen LogP contribution in [0.4, 0.5) is 18.9 Å². The summed E-state index contributed by atoms with van der Waals surface area (Å²) in [7, 11) is 0. The highest BCUT2D eigenvalue weighted by atomic mass is 35.5. The molecule has 0 radical (unpaired) electrons. The fourth-order valence-electron chi connectivity index (χ4n) is 3.77. The molecule has 3 aliphatic heterocycles. The molecule has 5 rings (SSSR count). The van der Waals surface area contributed by atoms with Gasteiger partial charge >= 0.3 is 6.18 Å². The zero-order chi connectivity index (χ0) is 21.6. The Hall–Kier alpha value is -3.26. The molecule has 0 aromatic heterocycles. The van der Waals surface area contributed by atoms with Crippen LogP contribution in [-0.4, -0.2) is 29.9 Å². The normalized spacial score (nSPS) is 17.6. The summed E-state index contributed by atoms with van der Waals surface area (Å²) >= 11 is 6.39. The largest absolute Gasteiger partial charge is 0.456 e. The van der Waals surface area contributed by atoms with Gasteiger partial charge in [0.1, 0.15) is 17.2 Å². The Bertz CT molecular complexity index is 1170. The molecule has 0 unspecified atom stereocenters. The summed E-state index contributed by atoms with van der Waals surface area (Å²) in [5, 5.41) is 6.64. The number of hydrazone groups is 1. The number of benzene rings is 2. The average Bonchev–Trinajstić information content (AvgIpc) is 3.05. The lowest BCUT2D eigenvalue weighted by molar-refractivity contribution is -0.137. The van der Waals surface area contributed by atoms with Crippen LogP contribution in [0.3, 0.4) is 0 Å². The van der Waals surface area contributed by atoms with Crippen LogP contribution in [-0.2, 0) is 6.18 Å². The van der Waals surface area contributed by atoms with Crippen molar-refractivity contribution < 1.29 is 17.9 Å². The third-order valence-corrected chi connectivity index (χ3v) is 5.54. The Labute approximate surface area is 181 Å². The van der Waals surface area contributed by atoms with E-state index in [1.165, 1.54) is 17.7 Å². The van der Waals surface area contributed by atoms with Gasteiger partial charge < -0.3 is 9.64 Å². The lowest BCUT2D eigenvalue weighted by Crippen LogP contribution is -2.22. The summed E-state index contributed by atoms with van der Waals surface area (Å²) in [6.07, 6.45) is 1.93. The lowest BCUT2D eigenvalue weighted by atomic mass is 10.1. The first kappa shape index (κ1) is 19.7. The van der Waals surface area contributed by atoms with Crippen LogP contribution in [0.5, 0.6) is 11.5 Å². The maximum atomic E-state index is 12.9. The molecule has 0 N–H and O–H groups in total. The molecule has 3 heterocycles. The summed E-state index contributed by atoms with van der Waals surface area (Å²) in [5.41, 5.74) is 3.13. The van der Waals surface area contributed by atoms with Gasteiger partial charge in [-0.15, -0.1) is 0 Å². The van der Waals surface area contributed by atoms with E-state index in [4.69, 9.17) is 16.3 Å². The van der Waals surface area contributed by atoms with Gasteiger partial charge in [0.25, 0.3) is 0 Å². The van der Waals surface area contributed by atoms with E-state index in [9.17, 15) is 13.2 Å². The van der Waals surface area contributed by atoms with E-state index in [-0.39, 0.29) is 16.5 Å². The minimum atomic E-state index is -4.44. The van der Waals surface area contributed by atoms with E-state index < -0.39 is 11.7 Å². The number of nitrogens with zero attached hydrogens (tertiary/aromatic N) is 4. The highest BCUT2D eigenvalue weighted by Crippen LogP contribution is 2.37. The van der Waals surface area contributed by atoms with Crippen molar-refractivity contribution in [3.63, 3.8) is 0 Å². The summed E-state index contributed by atoms with van der Waals surface area (Å²) in [6.45, 7) is 1.51. The van der Waals surface area contributed by atoms with Crippen molar-refractivity contribution in [3.8, 4) is 11.5 Å². The molecule has 3 aliphatic rings. The summed E-state index contributed by atoms with van der Waals surface area (Å²) in [5.74, 6) is 0.324. The fourth-order valence-corrected chi connectivity index (χ4v) is 3.98. The summed E-state index contributed by atoms with van der Waals surface area (Å²) in [4.78, 5) is 6.59. The van der Waals surface area contributed by atoms with Crippen LogP contribution in [0.2, 0.25) is 5.02 Å². The predicted molar refractivity (Wildman–Crippen MR) is 114 cm³/mol. The highest BCUT2D eigenvalue weighted by Gasteiger charge is 2.31. The molecule has 0 saturated heterocycles. The Kier molecular flexibility index (Phi) is 4.74. The van der Waals surface area contributed by atoms with Gasteiger partial charge in [-0.25, -0.2) is 0 Å². The van der Waals surface area contributed by atoms with Crippen LogP contribution in [0.1, 0.15) is 12.0 Å². The van der Waals surface area contributed by atoms with E-state index in [0.717, 1.165) is 42.2 Å². The van der Waals surface area contributed by atoms with Gasteiger partial charge in [-0.2, -0.15) is 18.3 Å². The predicted octanol–water partition coefficient (Wildman–Crippen LogP) is 5.84. The van der Waals surface area contributed by atoms with E-state index in [0.29, 0.717) is 6.54 Å². The molecule has 0 atom stereocenters. The van der Waals surface area contributed by atoms with E-state index in [1.54, 1.807) is 30.6 Å². The Morgan fingerprint density at radius 1 is 1.10 bits per heavy atom. The zero-order valence-electron chi connectivity index (χ0n) is 16.1. The van der Waals surface area contributed by atoms with Crippen LogP contribution in [0, 0.1) is 0 Å². The molecule has 9 heteroatoms. The molecule has 0 aliphatic carbocycles. The molecule has 0 saturated carbocycles. The molecule has 2 aromatic carbocycles. The maximum Gasteiger partial charge on any atom is 0.416 e. The van der Waals surface area contributed by atoms with E-state index in [2.05, 4.69) is 15.0 Å². The molecule has 5 nitrogen and oxygen atoms in total. The van der Waals surface area contributed by atoms with Gasteiger partial charge in [-0.3, -0.25) is 10.0 Å². The van der Waals surface area contributed by atoms with Crippen LogP contribution in [0.15, 0.2) is 76.2 Å². The topological polar surface area (TPSA) is 40.4 Å². The van der Waals surface area contributed by atoms with E-state index >= 15 is 0 Å². The third kappa shape index (κ3) is 3.79. The molecule has 158 valence electrons. The second-order valence-corrected chi connectivity index (χ2v) is 7.66. The molecule has 0 fully saturated rings. The monoisotopic (exact) mass is 444 g/mol. The third-order valence-electron chi connectivity index (χ3n) is 5.24. The quantitative estimate of drug-likeness (QED) is 0.597.